The van der Waals surface area contributed by atoms with E-state index in [1.165, 1.54) is 19.0 Å². The molecule has 0 saturated carbocycles. The summed E-state index contributed by atoms with van der Waals surface area (Å²) in [6.07, 6.45) is -0.261. The quantitative estimate of drug-likeness (QED) is 0.691. The molecule has 0 atom stereocenters. The van der Waals surface area contributed by atoms with E-state index in [9.17, 15) is 14.4 Å². The standard InChI is InChI=1S/C10H18N2O3/c1-10(2,3)7(13)6-8(14)11-9(15)12(4)5/h6H2,1-5H3,(H,11,14,15). The maximum absolute atomic E-state index is 11.4. The number of urea groups is 1. The van der Waals surface area contributed by atoms with Gasteiger partial charge in [-0.2, -0.15) is 0 Å². The lowest BCUT2D eigenvalue weighted by Crippen LogP contribution is -2.40. The van der Waals surface area contributed by atoms with Crippen LogP contribution in [0.3, 0.4) is 0 Å². The molecule has 0 aromatic rings. The molecule has 0 aromatic heterocycles. The Morgan fingerprint density at radius 3 is 1.93 bits per heavy atom. The van der Waals surface area contributed by atoms with Gasteiger partial charge < -0.3 is 4.90 Å². The molecule has 3 amide bonds. The van der Waals surface area contributed by atoms with Crippen molar-refractivity contribution in [2.24, 2.45) is 5.41 Å². The first kappa shape index (κ1) is 13.6. The van der Waals surface area contributed by atoms with Gasteiger partial charge in [0.2, 0.25) is 5.91 Å². The molecule has 0 aromatic carbocycles. The summed E-state index contributed by atoms with van der Waals surface area (Å²) >= 11 is 0. The van der Waals surface area contributed by atoms with Crippen LogP contribution in [-0.2, 0) is 9.59 Å². The second kappa shape index (κ2) is 4.91. The Bertz CT molecular complexity index is 277. The minimum Gasteiger partial charge on any atom is -0.331 e. The number of ketones is 1. The normalized spacial score (nSPS) is 10.7. The third kappa shape index (κ3) is 5.15. The van der Waals surface area contributed by atoms with Crippen LogP contribution in [0.15, 0.2) is 0 Å². The van der Waals surface area contributed by atoms with Gasteiger partial charge in [-0.3, -0.25) is 14.9 Å². The first-order chi connectivity index (χ1) is 6.64. The number of imide groups is 1. The zero-order valence-corrected chi connectivity index (χ0v) is 9.88. The van der Waals surface area contributed by atoms with Gasteiger partial charge >= 0.3 is 6.03 Å². The molecule has 0 aliphatic heterocycles. The number of hydrogen-bond acceptors (Lipinski definition) is 3. The molecular formula is C10H18N2O3. The molecule has 5 heteroatoms. The number of Topliss-reactive ketones (excluding diaryl/α,β-unsaturated/α-hetero) is 1. The molecule has 15 heavy (non-hydrogen) atoms. The van der Waals surface area contributed by atoms with Gasteiger partial charge in [-0.25, -0.2) is 4.79 Å². The molecule has 0 heterocycles. The summed E-state index contributed by atoms with van der Waals surface area (Å²) < 4.78 is 0. The first-order valence-electron chi connectivity index (χ1n) is 4.69. The summed E-state index contributed by atoms with van der Waals surface area (Å²) in [5, 5.41) is 2.11. The monoisotopic (exact) mass is 214 g/mol. The van der Waals surface area contributed by atoms with E-state index < -0.39 is 17.4 Å². The van der Waals surface area contributed by atoms with Gasteiger partial charge in [0.15, 0.2) is 0 Å². The number of carbonyl (C=O) groups is 3. The van der Waals surface area contributed by atoms with Crippen molar-refractivity contribution < 1.29 is 14.4 Å². The van der Waals surface area contributed by atoms with Crippen molar-refractivity contribution in [3.8, 4) is 0 Å². The second-order valence-corrected chi connectivity index (χ2v) is 4.60. The van der Waals surface area contributed by atoms with E-state index in [1.54, 1.807) is 20.8 Å². The lowest BCUT2D eigenvalue weighted by Gasteiger charge is -2.16. The zero-order valence-electron chi connectivity index (χ0n) is 9.88. The molecule has 0 rings (SSSR count). The molecule has 5 nitrogen and oxygen atoms in total. The predicted octanol–water partition coefficient (Wildman–Crippen LogP) is 0.789. The summed E-state index contributed by atoms with van der Waals surface area (Å²) in [5.41, 5.74) is -0.557. The average Bonchev–Trinajstić information content (AvgIpc) is 2.01. The van der Waals surface area contributed by atoms with Crippen molar-refractivity contribution in [1.29, 1.82) is 0 Å². The van der Waals surface area contributed by atoms with Crippen LogP contribution in [0.5, 0.6) is 0 Å². The molecule has 0 fully saturated rings. The van der Waals surface area contributed by atoms with Gasteiger partial charge in [-0.1, -0.05) is 20.8 Å². The zero-order chi connectivity index (χ0) is 12.2. The van der Waals surface area contributed by atoms with Crippen molar-refractivity contribution in [2.45, 2.75) is 27.2 Å². The molecule has 0 radical (unpaired) electrons. The molecule has 86 valence electrons. The Hall–Kier alpha value is -1.39. The Labute approximate surface area is 89.8 Å². The Morgan fingerprint density at radius 2 is 1.60 bits per heavy atom. The number of rotatable bonds is 2. The fraction of sp³-hybridized carbons (Fsp3) is 0.700. The highest BCUT2D eigenvalue weighted by atomic mass is 16.2. The van der Waals surface area contributed by atoms with Crippen LogP contribution < -0.4 is 5.32 Å². The highest BCUT2D eigenvalue weighted by molar-refractivity contribution is 6.05. The highest BCUT2D eigenvalue weighted by Crippen LogP contribution is 2.16. The topological polar surface area (TPSA) is 66.5 Å². The Balaban J connectivity index is 4.17. The van der Waals surface area contributed by atoms with Gasteiger partial charge in [0, 0.05) is 19.5 Å². The molecule has 0 saturated heterocycles. The van der Waals surface area contributed by atoms with Crippen LogP contribution >= 0.6 is 0 Å². The highest BCUT2D eigenvalue weighted by Gasteiger charge is 2.24. The first-order valence-corrected chi connectivity index (χ1v) is 4.69. The van der Waals surface area contributed by atoms with Crippen LogP contribution in [0.25, 0.3) is 0 Å². The van der Waals surface area contributed by atoms with E-state index in [4.69, 9.17) is 0 Å². The predicted molar refractivity (Wildman–Crippen MR) is 56.3 cm³/mol. The van der Waals surface area contributed by atoms with E-state index in [0.717, 1.165) is 0 Å². The van der Waals surface area contributed by atoms with E-state index in [1.807, 2.05) is 0 Å². The molecule has 0 spiro atoms. The second-order valence-electron chi connectivity index (χ2n) is 4.60. The minimum atomic E-state index is -0.561. The summed E-state index contributed by atoms with van der Waals surface area (Å²) in [6, 6.07) is -0.512. The van der Waals surface area contributed by atoms with Gasteiger partial charge in [0.1, 0.15) is 5.78 Å². The lowest BCUT2D eigenvalue weighted by atomic mass is 9.89. The SMILES string of the molecule is CN(C)C(=O)NC(=O)CC(=O)C(C)(C)C. The molecule has 0 aliphatic carbocycles. The van der Waals surface area contributed by atoms with Crippen molar-refractivity contribution >= 4 is 17.7 Å². The maximum atomic E-state index is 11.4. The van der Waals surface area contributed by atoms with Crippen molar-refractivity contribution in [3.05, 3.63) is 0 Å². The largest absolute Gasteiger partial charge is 0.331 e. The van der Waals surface area contributed by atoms with Crippen LogP contribution in [0, 0.1) is 5.41 Å². The maximum Gasteiger partial charge on any atom is 0.323 e. The fourth-order valence-electron chi connectivity index (χ4n) is 0.686. The number of amides is 3. The Morgan fingerprint density at radius 1 is 1.13 bits per heavy atom. The van der Waals surface area contributed by atoms with E-state index >= 15 is 0 Å². The van der Waals surface area contributed by atoms with Crippen LogP contribution in [0.1, 0.15) is 27.2 Å². The molecule has 0 bridgehead atoms. The fourth-order valence-corrected chi connectivity index (χ4v) is 0.686. The molecule has 0 unspecified atom stereocenters. The van der Waals surface area contributed by atoms with Gasteiger partial charge in [0.05, 0.1) is 6.42 Å². The summed E-state index contributed by atoms with van der Waals surface area (Å²) in [4.78, 5) is 35.0. The van der Waals surface area contributed by atoms with Gasteiger partial charge in [0.25, 0.3) is 0 Å². The van der Waals surface area contributed by atoms with Crippen molar-refractivity contribution in [3.63, 3.8) is 0 Å². The van der Waals surface area contributed by atoms with Crippen molar-refractivity contribution in [1.82, 2.24) is 10.2 Å². The van der Waals surface area contributed by atoms with Crippen molar-refractivity contribution in [2.75, 3.05) is 14.1 Å². The molecular weight excluding hydrogens is 196 g/mol. The molecule has 0 aliphatic rings. The summed E-state index contributed by atoms with van der Waals surface area (Å²) in [5.74, 6) is -0.750. The van der Waals surface area contributed by atoms with E-state index in [2.05, 4.69) is 5.32 Å². The summed E-state index contributed by atoms with van der Waals surface area (Å²) in [7, 11) is 3.04. The Kier molecular flexibility index (Phi) is 4.45. The van der Waals surface area contributed by atoms with Gasteiger partial charge in [-0.05, 0) is 0 Å². The number of nitrogens with zero attached hydrogens (tertiary/aromatic N) is 1. The van der Waals surface area contributed by atoms with E-state index in [-0.39, 0.29) is 12.2 Å². The van der Waals surface area contributed by atoms with E-state index in [0.29, 0.717) is 0 Å². The minimum absolute atomic E-state index is 0.188. The van der Waals surface area contributed by atoms with Crippen LogP contribution in [-0.4, -0.2) is 36.7 Å². The molecule has 1 N–H and O–H groups in total. The number of nitrogens with one attached hydrogen (secondary N) is 1. The number of carbonyl (C=O) groups excluding carboxylic acids is 3. The van der Waals surface area contributed by atoms with Crippen LogP contribution in [0.2, 0.25) is 0 Å². The average molecular weight is 214 g/mol. The lowest BCUT2D eigenvalue weighted by molar-refractivity contribution is -0.132. The summed E-state index contributed by atoms with van der Waals surface area (Å²) in [6.45, 7) is 5.20. The smallest absolute Gasteiger partial charge is 0.323 e. The van der Waals surface area contributed by atoms with Crippen LogP contribution in [0.4, 0.5) is 4.79 Å². The third-order valence-electron chi connectivity index (χ3n) is 1.81. The third-order valence-corrected chi connectivity index (χ3v) is 1.81. The number of hydrogen-bond donors (Lipinski definition) is 1. The van der Waals surface area contributed by atoms with Gasteiger partial charge in [-0.15, -0.1) is 0 Å².